The average Bonchev–Trinajstić information content (AvgIpc) is 2.94. The van der Waals surface area contributed by atoms with E-state index in [0.29, 0.717) is 6.42 Å². The second-order valence-corrected chi connectivity index (χ2v) is 5.96. The van der Waals surface area contributed by atoms with E-state index in [-0.39, 0.29) is 5.97 Å². The van der Waals surface area contributed by atoms with Crippen molar-refractivity contribution in [2.75, 3.05) is 33.0 Å². The van der Waals surface area contributed by atoms with Crippen LogP contribution in [0.2, 0.25) is 0 Å². The Morgan fingerprint density at radius 1 is 1.42 bits per heavy atom. The van der Waals surface area contributed by atoms with Crippen LogP contribution >= 0.6 is 11.8 Å². The highest BCUT2D eigenvalue weighted by molar-refractivity contribution is 8.00. The van der Waals surface area contributed by atoms with Gasteiger partial charge in [-0.05, 0) is 31.4 Å². The standard InChI is InChI=1S/C13H25N3O2S/c1-14-13(16-10-11-6-5-9-19-11)15-8-4-3-7-12(17)18-2/h11H,3-10H2,1-2H3,(H2,14,15,16). The van der Waals surface area contributed by atoms with E-state index in [4.69, 9.17) is 0 Å². The minimum absolute atomic E-state index is 0.138. The van der Waals surface area contributed by atoms with Crippen molar-refractivity contribution in [1.29, 1.82) is 0 Å². The van der Waals surface area contributed by atoms with Crippen LogP contribution in [0.1, 0.15) is 32.1 Å². The highest BCUT2D eigenvalue weighted by Crippen LogP contribution is 2.25. The van der Waals surface area contributed by atoms with Gasteiger partial charge in [-0.25, -0.2) is 0 Å². The number of unbranched alkanes of at least 4 members (excludes halogenated alkanes) is 1. The first-order chi connectivity index (χ1) is 9.26. The molecule has 0 radical (unpaired) electrons. The van der Waals surface area contributed by atoms with Crippen molar-refractivity contribution in [1.82, 2.24) is 10.6 Å². The van der Waals surface area contributed by atoms with Crippen molar-refractivity contribution in [3.8, 4) is 0 Å². The molecular formula is C13H25N3O2S. The van der Waals surface area contributed by atoms with E-state index in [9.17, 15) is 4.79 Å². The summed E-state index contributed by atoms with van der Waals surface area (Å²) in [6, 6.07) is 0. The van der Waals surface area contributed by atoms with Crippen LogP contribution in [0.3, 0.4) is 0 Å². The van der Waals surface area contributed by atoms with E-state index in [0.717, 1.165) is 37.1 Å². The van der Waals surface area contributed by atoms with Crippen molar-refractivity contribution in [2.45, 2.75) is 37.4 Å². The minimum Gasteiger partial charge on any atom is -0.469 e. The number of methoxy groups -OCH3 is 1. The van der Waals surface area contributed by atoms with Crippen molar-refractivity contribution >= 4 is 23.7 Å². The number of carbonyl (C=O) groups excluding carboxylic acids is 1. The van der Waals surface area contributed by atoms with Gasteiger partial charge in [-0.3, -0.25) is 9.79 Å². The molecule has 1 aliphatic rings. The fourth-order valence-corrected chi connectivity index (χ4v) is 3.14. The number of thioether (sulfide) groups is 1. The van der Waals surface area contributed by atoms with E-state index >= 15 is 0 Å². The van der Waals surface area contributed by atoms with E-state index in [1.54, 1.807) is 7.05 Å². The molecule has 0 aliphatic carbocycles. The van der Waals surface area contributed by atoms with Gasteiger partial charge in [-0.1, -0.05) is 0 Å². The van der Waals surface area contributed by atoms with Crippen LogP contribution in [-0.2, 0) is 9.53 Å². The fraction of sp³-hybridized carbons (Fsp3) is 0.846. The number of nitrogens with one attached hydrogen (secondary N) is 2. The lowest BCUT2D eigenvalue weighted by Crippen LogP contribution is -2.40. The summed E-state index contributed by atoms with van der Waals surface area (Å²) in [5, 5.41) is 7.33. The fourth-order valence-electron chi connectivity index (χ4n) is 1.94. The molecule has 0 aromatic carbocycles. The number of hydrogen-bond donors (Lipinski definition) is 2. The SMILES string of the molecule is CN=C(NCCCCC(=O)OC)NCC1CCCS1. The zero-order valence-corrected chi connectivity index (χ0v) is 12.7. The predicted molar refractivity (Wildman–Crippen MR) is 80.7 cm³/mol. The predicted octanol–water partition coefficient (Wildman–Crippen LogP) is 1.39. The van der Waals surface area contributed by atoms with Crippen LogP contribution in [-0.4, -0.2) is 50.2 Å². The minimum atomic E-state index is -0.138. The van der Waals surface area contributed by atoms with Crippen LogP contribution in [0.5, 0.6) is 0 Å². The third-order valence-corrected chi connectivity index (χ3v) is 4.47. The zero-order chi connectivity index (χ0) is 13.9. The van der Waals surface area contributed by atoms with Crippen molar-refractivity contribution < 1.29 is 9.53 Å². The molecule has 0 aromatic rings. The van der Waals surface area contributed by atoms with E-state index < -0.39 is 0 Å². The van der Waals surface area contributed by atoms with Crippen LogP contribution in [0.25, 0.3) is 0 Å². The molecule has 1 atom stereocenters. The molecule has 1 saturated heterocycles. The molecule has 6 heteroatoms. The van der Waals surface area contributed by atoms with Gasteiger partial charge >= 0.3 is 5.97 Å². The maximum absolute atomic E-state index is 10.9. The molecule has 1 rings (SSSR count). The molecule has 0 aromatic heterocycles. The quantitative estimate of drug-likeness (QED) is 0.321. The monoisotopic (exact) mass is 287 g/mol. The summed E-state index contributed by atoms with van der Waals surface area (Å²) >= 11 is 2.04. The number of aliphatic imine (C=N–C) groups is 1. The molecule has 0 spiro atoms. The van der Waals surface area contributed by atoms with Gasteiger partial charge in [0, 0.05) is 31.8 Å². The zero-order valence-electron chi connectivity index (χ0n) is 11.9. The summed E-state index contributed by atoms with van der Waals surface area (Å²) in [6.07, 6.45) is 4.90. The first-order valence-electron chi connectivity index (χ1n) is 6.89. The number of hydrogen-bond acceptors (Lipinski definition) is 4. The van der Waals surface area contributed by atoms with Crippen molar-refractivity contribution in [3.05, 3.63) is 0 Å². The smallest absolute Gasteiger partial charge is 0.305 e. The lowest BCUT2D eigenvalue weighted by Gasteiger charge is -2.14. The number of ether oxygens (including phenoxy) is 1. The molecule has 0 saturated carbocycles. The van der Waals surface area contributed by atoms with Crippen LogP contribution < -0.4 is 10.6 Å². The Morgan fingerprint density at radius 3 is 2.89 bits per heavy atom. The van der Waals surface area contributed by atoms with Gasteiger partial charge in [-0.2, -0.15) is 11.8 Å². The van der Waals surface area contributed by atoms with Gasteiger partial charge in [0.1, 0.15) is 0 Å². The summed E-state index contributed by atoms with van der Waals surface area (Å²) in [5.74, 6) is 2.00. The Hall–Kier alpha value is -0.910. The lowest BCUT2D eigenvalue weighted by molar-refractivity contribution is -0.140. The molecule has 19 heavy (non-hydrogen) atoms. The second kappa shape index (κ2) is 9.95. The molecule has 5 nitrogen and oxygen atoms in total. The summed E-state index contributed by atoms with van der Waals surface area (Å²) in [6.45, 7) is 1.81. The summed E-state index contributed by atoms with van der Waals surface area (Å²) in [7, 11) is 3.21. The Balaban J connectivity index is 2.03. The van der Waals surface area contributed by atoms with Gasteiger partial charge < -0.3 is 15.4 Å². The van der Waals surface area contributed by atoms with Gasteiger partial charge in [0.15, 0.2) is 5.96 Å². The van der Waals surface area contributed by atoms with Crippen LogP contribution in [0.4, 0.5) is 0 Å². The Labute approximate surface area is 120 Å². The Bertz CT molecular complexity index is 292. The van der Waals surface area contributed by atoms with E-state index in [2.05, 4.69) is 20.4 Å². The normalized spacial score (nSPS) is 19.3. The number of carbonyl (C=O) groups is 1. The molecule has 110 valence electrons. The number of esters is 1. The molecule has 0 amide bonds. The first-order valence-corrected chi connectivity index (χ1v) is 7.94. The van der Waals surface area contributed by atoms with Crippen LogP contribution in [0.15, 0.2) is 4.99 Å². The summed E-state index contributed by atoms with van der Waals surface area (Å²) in [4.78, 5) is 15.1. The molecule has 1 heterocycles. The van der Waals surface area contributed by atoms with Gasteiger partial charge in [0.05, 0.1) is 7.11 Å². The lowest BCUT2D eigenvalue weighted by atomic mass is 10.2. The number of guanidine groups is 1. The van der Waals surface area contributed by atoms with Crippen LogP contribution in [0, 0.1) is 0 Å². The molecule has 2 N–H and O–H groups in total. The molecule has 1 aliphatic heterocycles. The number of nitrogens with zero attached hydrogens (tertiary/aromatic N) is 1. The van der Waals surface area contributed by atoms with Gasteiger partial charge in [0.25, 0.3) is 0 Å². The Kier molecular flexibility index (Phi) is 8.45. The summed E-state index contributed by atoms with van der Waals surface area (Å²) in [5.41, 5.74) is 0. The molecule has 1 fully saturated rings. The van der Waals surface area contributed by atoms with Gasteiger partial charge in [-0.15, -0.1) is 0 Å². The third-order valence-electron chi connectivity index (χ3n) is 3.07. The van der Waals surface area contributed by atoms with E-state index in [1.165, 1.54) is 25.7 Å². The molecular weight excluding hydrogens is 262 g/mol. The highest BCUT2D eigenvalue weighted by Gasteiger charge is 2.15. The maximum atomic E-state index is 10.9. The third kappa shape index (κ3) is 7.30. The Morgan fingerprint density at radius 2 is 2.26 bits per heavy atom. The van der Waals surface area contributed by atoms with Crippen molar-refractivity contribution in [3.63, 3.8) is 0 Å². The number of rotatable bonds is 7. The second-order valence-electron chi connectivity index (χ2n) is 4.55. The topological polar surface area (TPSA) is 62.7 Å². The van der Waals surface area contributed by atoms with Gasteiger partial charge in [0.2, 0.25) is 0 Å². The van der Waals surface area contributed by atoms with Crippen molar-refractivity contribution in [2.24, 2.45) is 4.99 Å². The highest BCUT2D eigenvalue weighted by atomic mass is 32.2. The largest absolute Gasteiger partial charge is 0.469 e. The average molecular weight is 287 g/mol. The maximum Gasteiger partial charge on any atom is 0.305 e. The molecule has 0 bridgehead atoms. The van der Waals surface area contributed by atoms with E-state index in [1.807, 2.05) is 11.8 Å². The summed E-state index contributed by atoms with van der Waals surface area (Å²) < 4.78 is 4.60. The molecule has 1 unspecified atom stereocenters. The first kappa shape index (κ1) is 16.1.